The number of esters is 1. The highest BCUT2D eigenvalue weighted by atomic mass is 16.5. The highest BCUT2D eigenvalue weighted by Gasteiger charge is 1.94. The van der Waals surface area contributed by atoms with Crippen LogP contribution < -0.4 is 0 Å². The van der Waals surface area contributed by atoms with E-state index in [0.29, 0.717) is 5.76 Å². The van der Waals surface area contributed by atoms with Gasteiger partial charge in [-0.1, -0.05) is 19.9 Å². The monoisotopic (exact) mass is 154 g/mol. The number of hydrogen-bond acceptors (Lipinski definition) is 2. The van der Waals surface area contributed by atoms with Gasteiger partial charge in [0, 0.05) is 6.92 Å². The summed E-state index contributed by atoms with van der Waals surface area (Å²) in [6.07, 6.45) is 5.35. The Morgan fingerprint density at radius 1 is 1.64 bits per heavy atom. The fraction of sp³-hybridized carbons (Fsp3) is 0.444. The van der Waals surface area contributed by atoms with Crippen molar-refractivity contribution in [3.05, 3.63) is 24.5 Å². The lowest BCUT2D eigenvalue weighted by molar-refractivity contribution is -0.136. The molecular weight excluding hydrogens is 140 g/mol. The molecule has 0 aliphatic carbocycles. The predicted octanol–water partition coefficient (Wildman–Crippen LogP) is 2.42. The van der Waals surface area contributed by atoms with E-state index in [9.17, 15) is 4.79 Å². The van der Waals surface area contributed by atoms with Gasteiger partial charge in [0.25, 0.3) is 0 Å². The predicted molar refractivity (Wildman–Crippen MR) is 45.0 cm³/mol. The summed E-state index contributed by atoms with van der Waals surface area (Å²) < 4.78 is 4.81. The van der Waals surface area contributed by atoms with Crippen molar-refractivity contribution in [1.82, 2.24) is 0 Å². The molecule has 0 aromatic carbocycles. The van der Waals surface area contributed by atoms with Crippen LogP contribution in [0.5, 0.6) is 0 Å². The second-order valence-electron chi connectivity index (χ2n) is 2.19. The molecule has 0 fully saturated rings. The fourth-order valence-electron chi connectivity index (χ4n) is 0.619. The third kappa shape index (κ3) is 5.40. The van der Waals surface area contributed by atoms with Crippen LogP contribution in [0.3, 0.4) is 0 Å². The highest BCUT2D eigenvalue weighted by molar-refractivity contribution is 5.67. The molecule has 0 aromatic rings. The van der Waals surface area contributed by atoms with Gasteiger partial charge < -0.3 is 4.74 Å². The van der Waals surface area contributed by atoms with Crippen LogP contribution in [0.1, 0.15) is 26.7 Å². The van der Waals surface area contributed by atoms with E-state index >= 15 is 0 Å². The minimum atomic E-state index is -0.299. The van der Waals surface area contributed by atoms with Crippen LogP contribution in [0.4, 0.5) is 0 Å². The number of ether oxygens (including phenoxy) is 1. The molecule has 2 heteroatoms. The molecule has 0 amide bonds. The Bertz CT molecular complexity index is 168. The van der Waals surface area contributed by atoms with Gasteiger partial charge in [-0.25, -0.2) is 0 Å². The first kappa shape index (κ1) is 9.95. The number of carbonyl (C=O) groups excluding carboxylic acids is 1. The summed E-state index contributed by atoms with van der Waals surface area (Å²) in [5.41, 5.74) is 0. The van der Waals surface area contributed by atoms with Crippen molar-refractivity contribution in [3.8, 4) is 0 Å². The van der Waals surface area contributed by atoms with Crippen LogP contribution in [-0.2, 0) is 9.53 Å². The number of allylic oxidation sites excluding steroid dienone is 2. The van der Waals surface area contributed by atoms with Crippen molar-refractivity contribution in [1.29, 1.82) is 0 Å². The fourth-order valence-corrected chi connectivity index (χ4v) is 0.619. The van der Waals surface area contributed by atoms with Crippen molar-refractivity contribution >= 4 is 5.97 Å². The molecule has 0 bridgehead atoms. The zero-order valence-corrected chi connectivity index (χ0v) is 7.09. The van der Waals surface area contributed by atoms with E-state index < -0.39 is 0 Å². The van der Waals surface area contributed by atoms with E-state index in [2.05, 4.69) is 13.5 Å². The Balaban J connectivity index is 3.93. The van der Waals surface area contributed by atoms with Gasteiger partial charge in [0.05, 0.1) is 0 Å². The second-order valence-corrected chi connectivity index (χ2v) is 2.19. The van der Waals surface area contributed by atoms with Crippen LogP contribution in [0.15, 0.2) is 24.5 Å². The standard InChI is InChI=1S/C9H14O2/c1-4-6-7-9(5-2)11-8(3)10/h5,7H,2,4,6H2,1,3H3. The first-order valence-corrected chi connectivity index (χ1v) is 3.71. The van der Waals surface area contributed by atoms with Crippen molar-refractivity contribution < 1.29 is 9.53 Å². The Kier molecular flexibility index (Phi) is 5.17. The van der Waals surface area contributed by atoms with Gasteiger partial charge in [0.2, 0.25) is 0 Å². The summed E-state index contributed by atoms with van der Waals surface area (Å²) in [6.45, 7) is 6.96. The number of rotatable bonds is 4. The molecule has 0 N–H and O–H groups in total. The molecule has 0 heterocycles. The van der Waals surface area contributed by atoms with Crippen LogP contribution in [0.2, 0.25) is 0 Å². The Morgan fingerprint density at radius 2 is 2.27 bits per heavy atom. The second kappa shape index (κ2) is 5.71. The topological polar surface area (TPSA) is 26.3 Å². The molecule has 0 aliphatic heterocycles. The molecule has 0 rings (SSSR count). The van der Waals surface area contributed by atoms with E-state index in [4.69, 9.17) is 4.74 Å². The lowest BCUT2D eigenvalue weighted by atomic mass is 10.3. The average Bonchev–Trinajstić information content (AvgIpc) is 1.97. The maximum absolute atomic E-state index is 10.5. The number of hydrogen-bond donors (Lipinski definition) is 0. The average molecular weight is 154 g/mol. The van der Waals surface area contributed by atoms with Gasteiger partial charge in [-0.2, -0.15) is 0 Å². The van der Waals surface area contributed by atoms with Crippen LogP contribution in [0, 0.1) is 0 Å². The SMILES string of the molecule is C=CC(=CCCC)OC(C)=O. The van der Waals surface area contributed by atoms with Crippen LogP contribution in [-0.4, -0.2) is 5.97 Å². The molecule has 0 aliphatic rings. The van der Waals surface area contributed by atoms with Crippen molar-refractivity contribution in [2.24, 2.45) is 0 Å². The first-order valence-electron chi connectivity index (χ1n) is 3.71. The van der Waals surface area contributed by atoms with E-state index in [1.165, 1.54) is 13.0 Å². The summed E-state index contributed by atoms with van der Waals surface area (Å²) in [5.74, 6) is 0.256. The first-order chi connectivity index (χ1) is 5.20. The third-order valence-corrected chi connectivity index (χ3v) is 1.10. The van der Waals surface area contributed by atoms with E-state index in [0.717, 1.165) is 12.8 Å². The lowest BCUT2D eigenvalue weighted by Crippen LogP contribution is -1.96. The van der Waals surface area contributed by atoms with Gasteiger partial charge in [0.1, 0.15) is 5.76 Å². The minimum Gasteiger partial charge on any atom is -0.427 e. The zero-order valence-electron chi connectivity index (χ0n) is 7.09. The Morgan fingerprint density at radius 3 is 2.64 bits per heavy atom. The molecular formula is C9H14O2. The van der Waals surface area contributed by atoms with E-state index in [-0.39, 0.29) is 5.97 Å². The van der Waals surface area contributed by atoms with Crippen LogP contribution in [0.25, 0.3) is 0 Å². The number of unbranched alkanes of at least 4 members (excludes halogenated alkanes) is 1. The Hall–Kier alpha value is -1.05. The van der Waals surface area contributed by atoms with Gasteiger partial charge in [0.15, 0.2) is 0 Å². The normalized spacial score (nSPS) is 10.9. The maximum Gasteiger partial charge on any atom is 0.308 e. The molecule has 0 saturated carbocycles. The molecule has 0 unspecified atom stereocenters. The molecule has 62 valence electrons. The van der Waals surface area contributed by atoms with Crippen molar-refractivity contribution in [2.75, 3.05) is 0 Å². The summed E-state index contributed by atoms with van der Waals surface area (Å²) in [6, 6.07) is 0. The number of carbonyl (C=O) groups is 1. The highest BCUT2D eigenvalue weighted by Crippen LogP contribution is 2.02. The summed E-state index contributed by atoms with van der Waals surface area (Å²) in [4.78, 5) is 10.5. The van der Waals surface area contributed by atoms with Gasteiger partial charge in [-0.15, -0.1) is 0 Å². The van der Waals surface area contributed by atoms with E-state index in [1.54, 1.807) is 0 Å². The van der Waals surface area contributed by atoms with Crippen LogP contribution >= 0.6 is 0 Å². The molecule has 0 saturated heterocycles. The molecule has 11 heavy (non-hydrogen) atoms. The van der Waals surface area contributed by atoms with Crippen molar-refractivity contribution in [3.63, 3.8) is 0 Å². The quantitative estimate of drug-likeness (QED) is 0.353. The van der Waals surface area contributed by atoms with Gasteiger partial charge in [-0.3, -0.25) is 4.79 Å². The largest absolute Gasteiger partial charge is 0.427 e. The smallest absolute Gasteiger partial charge is 0.308 e. The molecule has 2 nitrogen and oxygen atoms in total. The maximum atomic E-state index is 10.5. The van der Waals surface area contributed by atoms with Crippen molar-refractivity contribution in [2.45, 2.75) is 26.7 Å². The Labute approximate surface area is 67.6 Å². The van der Waals surface area contributed by atoms with E-state index in [1.807, 2.05) is 6.08 Å². The third-order valence-electron chi connectivity index (χ3n) is 1.10. The lowest BCUT2D eigenvalue weighted by Gasteiger charge is -1.99. The summed E-state index contributed by atoms with van der Waals surface area (Å²) >= 11 is 0. The van der Waals surface area contributed by atoms with Gasteiger partial charge in [-0.05, 0) is 18.6 Å². The summed E-state index contributed by atoms with van der Waals surface area (Å²) in [7, 11) is 0. The molecule has 0 atom stereocenters. The zero-order chi connectivity index (χ0) is 8.69. The minimum absolute atomic E-state index is 0.299. The van der Waals surface area contributed by atoms with Gasteiger partial charge >= 0.3 is 5.97 Å². The molecule has 0 aromatic heterocycles. The molecule has 0 radical (unpaired) electrons. The molecule has 0 spiro atoms. The summed E-state index contributed by atoms with van der Waals surface area (Å²) in [5, 5.41) is 0.